The van der Waals surface area contributed by atoms with E-state index in [9.17, 15) is 4.79 Å². The third-order valence-electron chi connectivity index (χ3n) is 4.07. The maximum atomic E-state index is 13.0. The van der Waals surface area contributed by atoms with E-state index in [1.54, 1.807) is 32.4 Å². The van der Waals surface area contributed by atoms with Gasteiger partial charge in [0, 0.05) is 16.7 Å². The summed E-state index contributed by atoms with van der Waals surface area (Å²) in [6.07, 6.45) is 3.35. The van der Waals surface area contributed by atoms with Crippen molar-refractivity contribution >= 4 is 17.5 Å². The Balaban J connectivity index is 2.48. The number of ketones is 1. The maximum Gasteiger partial charge on any atom is 0.189 e. The highest BCUT2D eigenvalue weighted by atomic mass is 16.5. The first-order chi connectivity index (χ1) is 12.5. The fourth-order valence-corrected chi connectivity index (χ4v) is 2.70. The van der Waals surface area contributed by atoms with E-state index in [4.69, 9.17) is 19.9 Å². The smallest absolute Gasteiger partial charge is 0.189 e. The second kappa shape index (κ2) is 8.94. The lowest BCUT2D eigenvalue weighted by atomic mass is 9.96. The quantitative estimate of drug-likeness (QED) is 0.433. The second-order valence-corrected chi connectivity index (χ2v) is 5.81. The minimum atomic E-state index is -0.0602. The van der Waals surface area contributed by atoms with Crippen LogP contribution in [-0.4, -0.2) is 27.1 Å². The molecule has 0 aliphatic rings. The summed E-state index contributed by atoms with van der Waals surface area (Å²) in [6.45, 7) is 2.04. The van der Waals surface area contributed by atoms with Crippen LogP contribution in [0.1, 0.15) is 35.7 Å². The molecule has 0 bridgehead atoms. The molecule has 0 radical (unpaired) electrons. The molecule has 26 heavy (non-hydrogen) atoms. The zero-order valence-electron chi connectivity index (χ0n) is 15.7. The van der Waals surface area contributed by atoms with Gasteiger partial charge in [-0.15, -0.1) is 0 Å². The van der Waals surface area contributed by atoms with Gasteiger partial charge in [0.1, 0.15) is 17.2 Å². The Morgan fingerprint density at radius 2 is 1.73 bits per heavy atom. The molecule has 0 unspecified atom stereocenters. The third kappa shape index (κ3) is 4.36. The van der Waals surface area contributed by atoms with E-state index >= 15 is 0 Å². The minimum Gasteiger partial charge on any atom is -0.497 e. The Morgan fingerprint density at radius 1 is 1.00 bits per heavy atom. The van der Waals surface area contributed by atoms with Crippen LogP contribution in [-0.2, 0) is 0 Å². The number of nitrogen functional groups attached to an aromatic ring is 1. The molecule has 0 aliphatic heterocycles. The van der Waals surface area contributed by atoms with E-state index in [2.05, 4.69) is 0 Å². The second-order valence-electron chi connectivity index (χ2n) is 5.81. The number of methoxy groups -OCH3 is 3. The molecule has 0 heterocycles. The van der Waals surface area contributed by atoms with Crippen molar-refractivity contribution in [1.29, 1.82) is 0 Å². The topological polar surface area (TPSA) is 70.8 Å². The number of ether oxygens (including phenoxy) is 3. The summed E-state index contributed by atoms with van der Waals surface area (Å²) in [5, 5.41) is 0. The predicted molar refractivity (Wildman–Crippen MR) is 104 cm³/mol. The molecule has 0 fully saturated rings. The highest BCUT2D eigenvalue weighted by molar-refractivity contribution is 6.11. The fourth-order valence-electron chi connectivity index (χ4n) is 2.70. The Bertz CT molecular complexity index is 812. The van der Waals surface area contributed by atoms with Gasteiger partial charge in [-0.1, -0.05) is 13.3 Å². The van der Waals surface area contributed by atoms with Gasteiger partial charge in [-0.2, -0.15) is 0 Å². The summed E-state index contributed by atoms with van der Waals surface area (Å²) in [5.74, 6) is 1.82. The van der Waals surface area contributed by atoms with Crippen molar-refractivity contribution < 1.29 is 19.0 Å². The van der Waals surface area contributed by atoms with Crippen molar-refractivity contribution in [3.63, 3.8) is 0 Å². The van der Waals surface area contributed by atoms with Crippen LogP contribution >= 0.6 is 0 Å². The zero-order valence-corrected chi connectivity index (χ0v) is 15.7. The number of Topliss-reactive ketones (excluding diaryl/α,β-unsaturated/α-hetero) is 1. The number of rotatable bonds is 8. The molecule has 0 aliphatic carbocycles. The standard InChI is InChI=1S/C21H25NO4/c1-5-6-14(11-16-12-17(24-2)8-10-19(16)25-3)21(23)15-7-9-18(22)20(13-15)26-4/h7-13H,5-6,22H2,1-4H3/b14-11+. The lowest BCUT2D eigenvalue weighted by Crippen LogP contribution is -2.05. The highest BCUT2D eigenvalue weighted by Crippen LogP contribution is 2.29. The van der Waals surface area contributed by atoms with Gasteiger partial charge in [-0.25, -0.2) is 0 Å². The number of anilines is 1. The van der Waals surface area contributed by atoms with E-state index in [-0.39, 0.29) is 5.78 Å². The van der Waals surface area contributed by atoms with Crippen molar-refractivity contribution in [2.45, 2.75) is 19.8 Å². The first kappa shape index (κ1) is 19.4. The molecule has 138 valence electrons. The number of hydrogen-bond acceptors (Lipinski definition) is 5. The highest BCUT2D eigenvalue weighted by Gasteiger charge is 2.15. The van der Waals surface area contributed by atoms with Gasteiger partial charge < -0.3 is 19.9 Å². The van der Waals surface area contributed by atoms with Crippen molar-refractivity contribution in [3.05, 3.63) is 53.1 Å². The average Bonchev–Trinajstić information content (AvgIpc) is 2.67. The molecule has 0 atom stereocenters. The van der Waals surface area contributed by atoms with Crippen LogP contribution in [0.25, 0.3) is 6.08 Å². The van der Waals surface area contributed by atoms with E-state index < -0.39 is 0 Å². The summed E-state index contributed by atoms with van der Waals surface area (Å²) in [6, 6.07) is 10.6. The lowest BCUT2D eigenvalue weighted by Gasteiger charge is -2.11. The summed E-state index contributed by atoms with van der Waals surface area (Å²) in [5.41, 5.74) is 8.37. The molecule has 0 saturated heterocycles. The summed E-state index contributed by atoms with van der Waals surface area (Å²) < 4.78 is 15.9. The SMILES string of the molecule is CCC/C(=C\c1cc(OC)ccc1OC)C(=O)c1ccc(N)c(OC)c1. The van der Waals surface area contributed by atoms with Gasteiger partial charge in [0.15, 0.2) is 5.78 Å². The molecule has 5 nitrogen and oxygen atoms in total. The largest absolute Gasteiger partial charge is 0.497 e. The van der Waals surface area contributed by atoms with Gasteiger partial charge in [0.25, 0.3) is 0 Å². The molecule has 0 amide bonds. The maximum absolute atomic E-state index is 13.0. The van der Waals surface area contributed by atoms with Crippen LogP contribution in [0.15, 0.2) is 42.0 Å². The predicted octanol–water partition coefficient (Wildman–Crippen LogP) is 4.36. The van der Waals surface area contributed by atoms with Crippen LogP contribution in [0.4, 0.5) is 5.69 Å². The van der Waals surface area contributed by atoms with Crippen LogP contribution in [0.5, 0.6) is 17.2 Å². The number of nitrogens with two attached hydrogens (primary N) is 1. The van der Waals surface area contributed by atoms with Crippen molar-refractivity contribution in [1.82, 2.24) is 0 Å². The average molecular weight is 355 g/mol. The molecule has 2 aromatic rings. The van der Waals surface area contributed by atoms with Gasteiger partial charge in [0.05, 0.1) is 27.0 Å². The van der Waals surface area contributed by atoms with E-state index in [0.717, 1.165) is 12.0 Å². The Kier molecular flexibility index (Phi) is 6.67. The number of benzene rings is 2. The molecule has 0 spiro atoms. The van der Waals surface area contributed by atoms with E-state index in [0.29, 0.717) is 40.5 Å². The summed E-state index contributed by atoms with van der Waals surface area (Å²) >= 11 is 0. The lowest BCUT2D eigenvalue weighted by molar-refractivity contribution is 0.103. The monoisotopic (exact) mass is 355 g/mol. The molecular weight excluding hydrogens is 330 g/mol. The van der Waals surface area contributed by atoms with Crippen LogP contribution < -0.4 is 19.9 Å². The molecular formula is C21H25NO4. The molecule has 2 aromatic carbocycles. The number of hydrogen-bond donors (Lipinski definition) is 1. The van der Waals surface area contributed by atoms with Gasteiger partial charge >= 0.3 is 0 Å². The van der Waals surface area contributed by atoms with E-state index in [1.165, 1.54) is 7.11 Å². The summed E-state index contributed by atoms with van der Waals surface area (Å²) in [7, 11) is 4.74. The van der Waals surface area contributed by atoms with Crippen LogP contribution in [0.2, 0.25) is 0 Å². The fraction of sp³-hybridized carbons (Fsp3) is 0.286. The molecule has 5 heteroatoms. The Morgan fingerprint density at radius 3 is 2.35 bits per heavy atom. The normalized spacial score (nSPS) is 11.2. The first-order valence-electron chi connectivity index (χ1n) is 8.44. The third-order valence-corrected chi connectivity index (χ3v) is 4.07. The van der Waals surface area contributed by atoms with Crippen molar-refractivity contribution in [2.75, 3.05) is 27.1 Å². The number of allylic oxidation sites excluding steroid dienone is 1. The van der Waals surface area contributed by atoms with Gasteiger partial charge in [-0.3, -0.25) is 4.79 Å². The Hall–Kier alpha value is -2.95. The molecule has 2 rings (SSSR count). The molecule has 2 N–H and O–H groups in total. The van der Waals surface area contributed by atoms with E-state index in [1.807, 2.05) is 31.2 Å². The molecule has 0 saturated carbocycles. The minimum absolute atomic E-state index is 0.0602. The Labute approximate surface area is 154 Å². The van der Waals surface area contributed by atoms with Crippen molar-refractivity contribution in [2.24, 2.45) is 0 Å². The van der Waals surface area contributed by atoms with Crippen molar-refractivity contribution in [3.8, 4) is 17.2 Å². The van der Waals surface area contributed by atoms with Crippen LogP contribution in [0.3, 0.4) is 0 Å². The van der Waals surface area contributed by atoms with Gasteiger partial charge in [0.2, 0.25) is 0 Å². The summed E-state index contributed by atoms with van der Waals surface area (Å²) in [4.78, 5) is 13.0. The zero-order chi connectivity index (χ0) is 19.1. The number of carbonyl (C=O) groups excluding carboxylic acids is 1. The first-order valence-corrected chi connectivity index (χ1v) is 8.44. The van der Waals surface area contributed by atoms with Crippen LogP contribution in [0, 0.1) is 0 Å². The van der Waals surface area contributed by atoms with Gasteiger partial charge in [-0.05, 0) is 48.9 Å². The number of carbonyl (C=O) groups is 1. The molecule has 0 aromatic heterocycles.